The van der Waals surface area contributed by atoms with Crippen LogP contribution >= 0.6 is 22.9 Å². The molecule has 2 heterocycles. The maximum atomic E-state index is 13.2. The molecule has 0 atom stereocenters. The number of nitrogens with zero attached hydrogens (tertiary/aromatic N) is 2. The first kappa shape index (κ1) is 20.6. The number of fused-ring (bicyclic) bond motifs is 1. The molecule has 4 rings (SSSR count). The smallest absolute Gasteiger partial charge is 0.263 e. The van der Waals surface area contributed by atoms with Gasteiger partial charge in [-0.1, -0.05) is 17.7 Å². The minimum Gasteiger partial charge on any atom is -0.484 e. The summed E-state index contributed by atoms with van der Waals surface area (Å²) in [6, 6.07) is 8.60. The number of carbonyl (C=O) groups excluding carboxylic acids is 1. The molecule has 0 unspecified atom stereocenters. The number of halogens is 2. The van der Waals surface area contributed by atoms with E-state index in [9.17, 15) is 17.6 Å². The summed E-state index contributed by atoms with van der Waals surface area (Å²) < 4.78 is 46.1. The number of ether oxygens (including phenoxy) is 1. The average Bonchev–Trinajstić information content (AvgIpc) is 3.37. The van der Waals surface area contributed by atoms with Crippen molar-refractivity contribution in [1.82, 2.24) is 9.88 Å². The van der Waals surface area contributed by atoms with Crippen LogP contribution in [0.3, 0.4) is 0 Å². The highest BCUT2D eigenvalue weighted by Gasteiger charge is 2.26. The largest absolute Gasteiger partial charge is 0.484 e. The van der Waals surface area contributed by atoms with Crippen molar-refractivity contribution in [2.24, 2.45) is 0 Å². The molecule has 30 heavy (non-hydrogen) atoms. The monoisotopic (exact) mass is 467 g/mol. The van der Waals surface area contributed by atoms with Crippen LogP contribution in [0.2, 0.25) is 5.02 Å². The summed E-state index contributed by atoms with van der Waals surface area (Å²) >= 11 is 6.89. The number of amides is 1. The molecule has 0 bridgehead atoms. The van der Waals surface area contributed by atoms with Crippen LogP contribution in [0.15, 0.2) is 52.9 Å². The molecule has 2 aromatic carbocycles. The second kappa shape index (κ2) is 8.21. The SMILES string of the molecule is O=C(COc1ccc(F)c(Cl)c1)N1Cc2ccc(S(=O)(=O)Nc3nccs3)cc2C1. The highest BCUT2D eigenvalue weighted by atomic mass is 35.5. The zero-order chi connectivity index (χ0) is 21.3. The third-order valence-electron chi connectivity index (χ3n) is 4.47. The van der Waals surface area contributed by atoms with Crippen LogP contribution in [0.5, 0.6) is 5.75 Å². The number of aromatic nitrogens is 1. The average molecular weight is 468 g/mol. The van der Waals surface area contributed by atoms with E-state index in [1.165, 1.54) is 35.7 Å². The molecule has 156 valence electrons. The number of hydrogen-bond donors (Lipinski definition) is 1. The number of carbonyl (C=O) groups is 1. The predicted octanol–water partition coefficient (Wildman–Crippen LogP) is 3.66. The fraction of sp³-hybridized carbons (Fsp3) is 0.158. The Hall–Kier alpha value is -2.69. The topological polar surface area (TPSA) is 88.6 Å². The van der Waals surface area contributed by atoms with E-state index in [1.807, 2.05) is 0 Å². The first-order chi connectivity index (χ1) is 14.3. The lowest BCUT2D eigenvalue weighted by atomic mass is 10.1. The van der Waals surface area contributed by atoms with Gasteiger partial charge in [-0.15, -0.1) is 11.3 Å². The van der Waals surface area contributed by atoms with Gasteiger partial charge < -0.3 is 9.64 Å². The van der Waals surface area contributed by atoms with E-state index in [-0.39, 0.29) is 39.9 Å². The number of sulfonamides is 1. The Bertz CT molecular complexity index is 1200. The molecule has 0 aliphatic carbocycles. The molecular weight excluding hydrogens is 453 g/mol. The Labute approximate surface area is 181 Å². The lowest BCUT2D eigenvalue weighted by molar-refractivity contribution is -0.134. The Balaban J connectivity index is 1.41. The number of benzene rings is 2. The molecule has 1 aliphatic heterocycles. The standard InChI is InChI=1S/C19H15ClFN3O4S2/c20-16-8-14(2-4-17(16)21)28-11-18(25)24-9-12-1-3-15(7-13(12)10-24)30(26,27)23-19-22-5-6-29-19/h1-8H,9-11H2,(H,22,23). The summed E-state index contributed by atoms with van der Waals surface area (Å²) in [6.07, 6.45) is 1.51. The fourth-order valence-electron chi connectivity index (χ4n) is 2.97. The Morgan fingerprint density at radius 2 is 2.03 bits per heavy atom. The molecule has 7 nitrogen and oxygen atoms in total. The minimum absolute atomic E-state index is 0.0892. The number of hydrogen-bond acceptors (Lipinski definition) is 6. The zero-order valence-electron chi connectivity index (χ0n) is 15.3. The minimum atomic E-state index is -3.77. The Kier molecular flexibility index (Phi) is 5.63. The summed E-state index contributed by atoms with van der Waals surface area (Å²) in [5.41, 5.74) is 1.61. The molecule has 0 fully saturated rings. The number of anilines is 1. The van der Waals surface area contributed by atoms with Gasteiger partial charge in [0.2, 0.25) is 0 Å². The van der Waals surface area contributed by atoms with Gasteiger partial charge >= 0.3 is 0 Å². The van der Waals surface area contributed by atoms with Crippen molar-refractivity contribution >= 4 is 44.0 Å². The van der Waals surface area contributed by atoms with Crippen molar-refractivity contribution in [3.63, 3.8) is 0 Å². The molecule has 3 aromatic rings. The van der Waals surface area contributed by atoms with Crippen molar-refractivity contribution in [3.05, 3.63) is 69.9 Å². The van der Waals surface area contributed by atoms with Gasteiger partial charge in [0, 0.05) is 30.7 Å². The third-order valence-corrected chi connectivity index (χ3v) is 6.91. The molecule has 0 spiro atoms. The van der Waals surface area contributed by atoms with Crippen LogP contribution < -0.4 is 9.46 Å². The molecule has 1 N–H and O–H groups in total. The van der Waals surface area contributed by atoms with Crippen LogP contribution in [0.1, 0.15) is 11.1 Å². The zero-order valence-corrected chi connectivity index (χ0v) is 17.7. The Morgan fingerprint density at radius 3 is 2.77 bits per heavy atom. The van der Waals surface area contributed by atoms with Crippen molar-refractivity contribution < 1.29 is 22.3 Å². The van der Waals surface area contributed by atoms with Gasteiger partial charge in [0.25, 0.3) is 15.9 Å². The molecular formula is C19H15ClFN3O4S2. The fourth-order valence-corrected chi connectivity index (χ4v) is 4.97. The normalized spacial score (nSPS) is 13.2. The van der Waals surface area contributed by atoms with Gasteiger partial charge in [-0.05, 0) is 35.4 Å². The maximum Gasteiger partial charge on any atom is 0.263 e. The number of thiazole rings is 1. The van der Waals surface area contributed by atoms with Crippen LogP contribution in [0.25, 0.3) is 0 Å². The quantitative estimate of drug-likeness (QED) is 0.597. The van der Waals surface area contributed by atoms with Gasteiger partial charge in [0.05, 0.1) is 9.92 Å². The maximum absolute atomic E-state index is 13.2. The van der Waals surface area contributed by atoms with Gasteiger partial charge in [0.15, 0.2) is 11.7 Å². The van der Waals surface area contributed by atoms with E-state index < -0.39 is 15.8 Å². The molecule has 0 radical (unpaired) electrons. The van der Waals surface area contributed by atoms with E-state index in [2.05, 4.69) is 9.71 Å². The van der Waals surface area contributed by atoms with Crippen molar-refractivity contribution in [3.8, 4) is 5.75 Å². The van der Waals surface area contributed by atoms with Gasteiger partial charge in [-0.3, -0.25) is 9.52 Å². The molecule has 1 aromatic heterocycles. The Morgan fingerprint density at radius 1 is 1.23 bits per heavy atom. The van der Waals surface area contributed by atoms with E-state index in [1.54, 1.807) is 22.4 Å². The van der Waals surface area contributed by atoms with E-state index in [4.69, 9.17) is 16.3 Å². The first-order valence-corrected chi connectivity index (χ1v) is 11.5. The van der Waals surface area contributed by atoms with Gasteiger partial charge in [-0.2, -0.15) is 0 Å². The van der Waals surface area contributed by atoms with E-state index in [0.717, 1.165) is 17.2 Å². The number of rotatable bonds is 6. The summed E-state index contributed by atoms with van der Waals surface area (Å²) in [7, 11) is -3.77. The lowest BCUT2D eigenvalue weighted by Crippen LogP contribution is -2.30. The highest BCUT2D eigenvalue weighted by Crippen LogP contribution is 2.27. The number of nitrogens with one attached hydrogen (secondary N) is 1. The van der Waals surface area contributed by atoms with Crippen LogP contribution in [0.4, 0.5) is 9.52 Å². The first-order valence-electron chi connectivity index (χ1n) is 8.71. The molecule has 1 amide bonds. The summed E-state index contributed by atoms with van der Waals surface area (Å²) in [4.78, 5) is 18.1. The molecule has 0 saturated carbocycles. The van der Waals surface area contributed by atoms with Gasteiger partial charge in [0.1, 0.15) is 11.6 Å². The highest BCUT2D eigenvalue weighted by molar-refractivity contribution is 7.93. The van der Waals surface area contributed by atoms with Crippen LogP contribution in [-0.2, 0) is 27.9 Å². The third kappa shape index (κ3) is 4.40. The second-order valence-electron chi connectivity index (χ2n) is 6.49. The molecule has 0 saturated heterocycles. The summed E-state index contributed by atoms with van der Waals surface area (Å²) in [5, 5.41) is 1.87. The summed E-state index contributed by atoms with van der Waals surface area (Å²) in [5.74, 6) is -0.564. The van der Waals surface area contributed by atoms with E-state index >= 15 is 0 Å². The van der Waals surface area contributed by atoms with E-state index in [0.29, 0.717) is 6.54 Å². The van der Waals surface area contributed by atoms with Crippen molar-refractivity contribution in [1.29, 1.82) is 0 Å². The van der Waals surface area contributed by atoms with Crippen molar-refractivity contribution in [2.75, 3.05) is 11.3 Å². The molecule has 1 aliphatic rings. The van der Waals surface area contributed by atoms with Gasteiger partial charge in [-0.25, -0.2) is 17.8 Å². The lowest BCUT2D eigenvalue weighted by Gasteiger charge is -2.16. The molecule has 11 heteroatoms. The van der Waals surface area contributed by atoms with Crippen LogP contribution in [0, 0.1) is 5.82 Å². The second-order valence-corrected chi connectivity index (χ2v) is 9.47. The predicted molar refractivity (Wildman–Crippen MR) is 111 cm³/mol. The van der Waals surface area contributed by atoms with Crippen LogP contribution in [-0.4, -0.2) is 30.8 Å². The summed E-state index contributed by atoms with van der Waals surface area (Å²) in [6.45, 7) is 0.372. The van der Waals surface area contributed by atoms with Crippen molar-refractivity contribution in [2.45, 2.75) is 18.0 Å².